The molecule has 0 aliphatic heterocycles. The largest absolute Gasteiger partial charge is 0.0737 e. The van der Waals surface area contributed by atoms with E-state index in [9.17, 15) is 0 Å². The fourth-order valence-electron chi connectivity index (χ4n) is 12.1. The zero-order chi connectivity index (χ0) is 41.2. The van der Waals surface area contributed by atoms with Gasteiger partial charge in [0.05, 0.1) is 5.41 Å². The minimum atomic E-state index is -0.504. The number of fused-ring (bicyclic) bond motifs is 19. The average molecular weight is 795 g/mol. The molecule has 290 valence electrons. The Kier molecular flexibility index (Phi) is 7.13. The Morgan fingerprint density at radius 2 is 0.714 bits per heavy atom. The number of benzene rings is 12. The van der Waals surface area contributed by atoms with Gasteiger partial charge in [-0.25, -0.2) is 0 Å². The molecule has 0 N–H and O–H groups in total. The lowest BCUT2D eigenvalue weighted by atomic mass is 9.68. The Balaban J connectivity index is 1.11. The van der Waals surface area contributed by atoms with Crippen molar-refractivity contribution in [3.05, 3.63) is 253 Å². The van der Waals surface area contributed by atoms with Gasteiger partial charge in [-0.15, -0.1) is 0 Å². The maximum absolute atomic E-state index is 2.52. The van der Waals surface area contributed by atoms with Crippen LogP contribution in [0.4, 0.5) is 0 Å². The molecule has 0 radical (unpaired) electrons. The third-order valence-electron chi connectivity index (χ3n) is 14.4. The van der Waals surface area contributed by atoms with E-state index < -0.39 is 5.41 Å². The van der Waals surface area contributed by atoms with Crippen LogP contribution < -0.4 is 0 Å². The molecule has 0 bridgehead atoms. The topological polar surface area (TPSA) is 0 Å². The van der Waals surface area contributed by atoms with Gasteiger partial charge in [-0.05, 0) is 138 Å². The fraction of sp³-hybridized carbons (Fsp3) is 0.0159. The van der Waals surface area contributed by atoms with Crippen LogP contribution in [0.3, 0.4) is 0 Å². The van der Waals surface area contributed by atoms with Crippen LogP contribution in [-0.4, -0.2) is 0 Å². The molecule has 12 aromatic carbocycles. The second-order valence-electron chi connectivity index (χ2n) is 17.4. The lowest BCUT2D eigenvalue weighted by Gasteiger charge is -2.32. The quantitative estimate of drug-likeness (QED) is 0.123. The Morgan fingerprint density at radius 1 is 0.222 bits per heavy atom. The highest BCUT2D eigenvalue weighted by Crippen LogP contribution is 2.66. The first-order valence-corrected chi connectivity index (χ1v) is 22.1. The van der Waals surface area contributed by atoms with Crippen molar-refractivity contribution in [1.82, 2.24) is 0 Å². The molecule has 0 heteroatoms. The van der Waals surface area contributed by atoms with Gasteiger partial charge in [-0.3, -0.25) is 0 Å². The van der Waals surface area contributed by atoms with Gasteiger partial charge in [0.2, 0.25) is 0 Å². The first-order chi connectivity index (χ1) is 31.3. The predicted molar refractivity (Wildman–Crippen MR) is 267 cm³/mol. The third-order valence-corrected chi connectivity index (χ3v) is 14.4. The molecule has 0 fully saturated rings. The Hall–Kier alpha value is -8.06. The van der Waals surface area contributed by atoms with Gasteiger partial charge in [-0.2, -0.15) is 0 Å². The lowest BCUT2D eigenvalue weighted by Crippen LogP contribution is -2.26. The van der Waals surface area contributed by atoms with Gasteiger partial charge in [0.25, 0.3) is 0 Å². The van der Waals surface area contributed by atoms with Crippen LogP contribution in [0.25, 0.3) is 109 Å². The summed E-state index contributed by atoms with van der Waals surface area (Å²) in [4.78, 5) is 0. The van der Waals surface area contributed by atoms with Crippen LogP contribution in [0, 0.1) is 0 Å². The zero-order valence-electron chi connectivity index (χ0n) is 34.4. The monoisotopic (exact) mass is 794 g/mol. The van der Waals surface area contributed by atoms with Gasteiger partial charge >= 0.3 is 0 Å². The van der Waals surface area contributed by atoms with E-state index in [0.29, 0.717) is 0 Å². The third kappa shape index (κ3) is 4.54. The minimum Gasteiger partial charge on any atom is -0.0622 e. The molecular weight excluding hydrogens is 757 g/mol. The normalized spacial score (nSPS) is 13.2. The van der Waals surface area contributed by atoms with Crippen molar-refractivity contribution in [3.8, 4) is 55.6 Å². The smallest absolute Gasteiger partial charge is 0.0622 e. The lowest BCUT2D eigenvalue weighted by molar-refractivity contribution is 0.809. The van der Waals surface area contributed by atoms with Crippen LogP contribution in [0.2, 0.25) is 0 Å². The van der Waals surface area contributed by atoms with E-state index in [1.165, 1.54) is 132 Å². The summed E-state index contributed by atoms with van der Waals surface area (Å²) >= 11 is 0. The molecule has 14 rings (SSSR count). The standard InChI is InChI=1S/C63H38/c1-2-18-39(19-3-1)42-21-6-8-26-47(42)59-51-30-12-10-28-49(51)58(50-29-11-13-31-52(50)59)41-35-36-53-55(38-41)44-23-7-9-27-48(44)60-54-37-34-40-20-4-5-22-43(40)61(54)63(62(53)60)56-32-16-14-24-45(56)46-25-15-17-33-57(46)63/h1-38H. The van der Waals surface area contributed by atoms with E-state index in [0.717, 1.165) is 0 Å². The van der Waals surface area contributed by atoms with E-state index in [2.05, 4.69) is 231 Å². The van der Waals surface area contributed by atoms with Crippen molar-refractivity contribution in [1.29, 1.82) is 0 Å². The molecular formula is C63H38. The van der Waals surface area contributed by atoms with Gasteiger partial charge in [0, 0.05) is 0 Å². The van der Waals surface area contributed by atoms with Crippen molar-refractivity contribution in [2.75, 3.05) is 0 Å². The van der Waals surface area contributed by atoms with Crippen LogP contribution in [0.1, 0.15) is 22.3 Å². The van der Waals surface area contributed by atoms with Crippen LogP contribution in [-0.2, 0) is 5.41 Å². The Labute approximate surface area is 366 Å². The Morgan fingerprint density at radius 3 is 1.37 bits per heavy atom. The maximum atomic E-state index is 2.52. The van der Waals surface area contributed by atoms with Gasteiger partial charge in [0.1, 0.15) is 0 Å². The molecule has 63 heavy (non-hydrogen) atoms. The first-order valence-electron chi connectivity index (χ1n) is 22.1. The SMILES string of the molecule is c1ccc(-c2ccccc2-c2c3ccccc3c(-c3ccc4c5c(c6ccccc6c4c3)-c3ccc4ccccc4c3C53c4ccccc4-c4ccccc43)c3ccccc23)cc1. The molecule has 1 spiro atoms. The fourth-order valence-corrected chi connectivity index (χ4v) is 12.1. The second-order valence-corrected chi connectivity index (χ2v) is 17.4. The highest BCUT2D eigenvalue weighted by Gasteiger charge is 2.53. The summed E-state index contributed by atoms with van der Waals surface area (Å²) < 4.78 is 0. The van der Waals surface area contributed by atoms with Crippen LogP contribution >= 0.6 is 0 Å². The highest BCUT2D eigenvalue weighted by molar-refractivity contribution is 6.25. The van der Waals surface area contributed by atoms with E-state index in [1.54, 1.807) is 0 Å². The summed E-state index contributed by atoms with van der Waals surface area (Å²) in [5.41, 5.74) is 17.9. The van der Waals surface area contributed by atoms with Crippen molar-refractivity contribution in [3.63, 3.8) is 0 Å². The van der Waals surface area contributed by atoms with E-state index >= 15 is 0 Å². The summed E-state index contributed by atoms with van der Waals surface area (Å²) in [5.74, 6) is 0. The molecule has 0 unspecified atom stereocenters. The molecule has 0 saturated heterocycles. The van der Waals surface area contributed by atoms with E-state index in [1.807, 2.05) is 0 Å². The van der Waals surface area contributed by atoms with E-state index in [-0.39, 0.29) is 0 Å². The summed E-state index contributed by atoms with van der Waals surface area (Å²) in [6.45, 7) is 0. The summed E-state index contributed by atoms with van der Waals surface area (Å²) in [7, 11) is 0. The second kappa shape index (κ2) is 13.0. The maximum Gasteiger partial charge on any atom is 0.0737 e. The first kappa shape index (κ1) is 34.6. The van der Waals surface area contributed by atoms with Crippen molar-refractivity contribution < 1.29 is 0 Å². The molecule has 12 aromatic rings. The van der Waals surface area contributed by atoms with Gasteiger partial charge in [-0.1, -0.05) is 224 Å². The van der Waals surface area contributed by atoms with E-state index in [4.69, 9.17) is 0 Å². The van der Waals surface area contributed by atoms with Crippen LogP contribution in [0.5, 0.6) is 0 Å². The predicted octanol–water partition coefficient (Wildman–Crippen LogP) is 16.8. The zero-order valence-corrected chi connectivity index (χ0v) is 34.4. The molecule has 2 aliphatic rings. The van der Waals surface area contributed by atoms with Gasteiger partial charge in [0.15, 0.2) is 0 Å². The van der Waals surface area contributed by atoms with Crippen molar-refractivity contribution in [2.45, 2.75) is 5.41 Å². The van der Waals surface area contributed by atoms with Gasteiger partial charge < -0.3 is 0 Å². The van der Waals surface area contributed by atoms with Crippen molar-refractivity contribution in [2.24, 2.45) is 0 Å². The molecule has 2 aliphatic carbocycles. The summed E-state index contributed by atoms with van der Waals surface area (Å²) in [5, 5.41) is 12.8. The average Bonchev–Trinajstić information content (AvgIpc) is 3.84. The Bertz CT molecular complexity index is 3800. The minimum absolute atomic E-state index is 0.504. The number of hydrogen-bond acceptors (Lipinski definition) is 0. The number of hydrogen-bond donors (Lipinski definition) is 0. The molecule has 0 nitrogen and oxygen atoms in total. The number of rotatable bonds is 3. The summed E-state index contributed by atoms with van der Waals surface area (Å²) in [6, 6.07) is 86.6. The van der Waals surface area contributed by atoms with Crippen molar-refractivity contribution >= 4 is 53.9 Å². The highest BCUT2D eigenvalue weighted by atomic mass is 14.5. The molecule has 0 heterocycles. The molecule has 0 aromatic heterocycles. The summed E-state index contributed by atoms with van der Waals surface area (Å²) in [6.07, 6.45) is 0. The molecule has 0 saturated carbocycles. The van der Waals surface area contributed by atoms with Crippen LogP contribution in [0.15, 0.2) is 231 Å². The molecule has 0 atom stereocenters. The molecule has 0 amide bonds.